The standard InChI is InChI=1S/C15H12O/c16-13-9-12-7-4-8-14(15(12)10-13)11-5-2-1-3-6-11/h1-8,10,16H,9H2. The molecule has 0 atom stereocenters. The van der Waals surface area contributed by atoms with Crippen LogP contribution in [0.1, 0.15) is 11.1 Å². The molecule has 0 radical (unpaired) electrons. The third-order valence-electron chi connectivity index (χ3n) is 2.96. The highest BCUT2D eigenvalue weighted by atomic mass is 16.3. The Morgan fingerprint density at radius 1 is 0.875 bits per heavy atom. The summed E-state index contributed by atoms with van der Waals surface area (Å²) in [6.45, 7) is 0. The van der Waals surface area contributed by atoms with Gasteiger partial charge in [-0.1, -0.05) is 48.5 Å². The van der Waals surface area contributed by atoms with Gasteiger partial charge in [-0.05, 0) is 28.3 Å². The van der Waals surface area contributed by atoms with Gasteiger partial charge in [-0.3, -0.25) is 0 Å². The van der Waals surface area contributed by atoms with Gasteiger partial charge in [-0.25, -0.2) is 0 Å². The molecule has 1 aliphatic carbocycles. The largest absolute Gasteiger partial charge is 0.512 e. The van der Waals surface area contributed by atoms with Gasteiger partial charge in [0.15, 0.2) is 0 Å². The van der Waals surface area contributed by atoms with Crippen LogP contribution < -0.4 is 0 Å². The van der Waals surface area contributed by atoms with Gasteiger partial charge in [0, 0.05) is 6.42 Å². The van der Waals surface area contributed by atoms with E-state index in [2.05, 4.69) is 24.3 Å². The topological polar surface area (TPSA) is 20.2 Å². The number of hydrogen-bond donors (Lipinski definition) is 1. The zero-order valence-corrected chi connectivity index (χ0v) is 8.85. The first-order valence-electron chi connectivity index (χ1n) is 5.41. The number of hydrogen-bond acceptors (Lipinski definition) is 1. The zero-order valence-electron chi connectivity index (χ0n) is 8.85. The monoisotopic (exact) mass is 208 g/mol. The Hall–Kier alpha value is -2.02. The minimum Gasteiger partial charge on any atom is -0.512 e. The summed E-state index contributed by atoms with van der Waals surface area (Å²) < 4.78 is 0. The number of aliphatic hydroxyl groups is 1. The van der Waals surface area contributed by atoms with Crippen LogP contribution in [0.3, 0.4) is 0 Å². The highest BCUT2D eigenvalue weighted by Gasteiger charge is 2.15. The Morgan fingerprint density at radius 2 is 1.69 bits per heavy atom. The van der Waals surface area contributed by atoms with E-state index < -0.39 is 0 Å². The van der Waals surface area contributed by atoms with Crippen molar-refractivity contribution in [3.63, 3.8) is 0 Å². The highest BCUT2D eigenvalue weighted by Crippen LogP contribution is 2.32. The molecule has 0 unspecified atom stereocenters. The summed E-state index contributed by atoms with van der Waals surface area (Å²) in [6, 6.07) is 16.5. The van der Waals surface area contributed by atoms with Crippen LogP contribution in [0.25, 0.3) is 17.2 Å². The SMILES string of the molecule is OC1=Cc2c(cccc2-c2ccccc2)C1. The normalized spacial score (nSPS) is 13.4. The summed E-state index contributed by atoms with van der Waals surface area (Å²) in [4.78, 5) is 0. The second-order valence-electron chi connectivity index (χ2n) is 4.06. The first-order chi connectivity index (χ1) is 7.84. The fraction of sp³-hybridized carbons (Fsp3) is 0.0667. The number of rotatable bonds is 1. The first-order valence-corrected chi connectivity index (χ1v) is 5.41. The molecule has 0 aliphatic heterocycles. The molecule has 0 bridgehead atoms. The van der Waals surface area contributed by atoms with E-state index in [4.69, 9.17) is 0 Å². The molecule has 2 aromatic carbocycles. The maximum atomic E-state index is 9.58. The van der Waals surface area contributed by atoms with Gasteiger partial charge in [-0.2, -0.15) is 0 Å². The van der Waals surface area contributed by atoms with Crippen molar-refractivity contribution in [3.05, 3.63) is 65.4 Å². The van der Waals surface area contributed by atoms with Crippen LogP contribution in [0.5, 0.6) is 0 Å². The van der Waals surface area contributed by atoms with Crippen LogP contribution in [-0.2, 0) is 6.42 Å². The predicted molar refractivity (Wildman–Crippen MR) is 66.2 cm³/mol. The number of fused-ring (bicyclic) bond motifs is 1. The van der Waals surface area contributed by atoms with Crippen LogP contribution >= 0.6 is 0 Å². The van der Waals surface area contributed by atoms with Crippen molar-refractivity contribution < 1.29 is 5.11 Å². The van der Waals surface area contributed by atoms with Crippen molar-refractivity contribution in [2.45, 2.75) is 6.42 Å². The molecule has 1 nitrogen and oxygen atoms in total. The predicted octanol–water partition coefficient (Wildman–Crippen LogP) is 3.81. The maximum Gasteiger partial charge on any atom is 0.0972 e. The molecule has 1 aliphatic rings. The smallest absolute Gasteiger partial charge is 0.0972 e. The fourth-order valence-electron chi connectivity index (χ4n) is 2.22. The number of aliphatic hydroxyl groups excluding tert-OH is 1. The summed E-state index contributed by atoms with van der Waals surface area (Å²) in [5.74, 6) is 0.457. The van der Waals surface area contributed by atoms with Crippen LogP contribution in [0.2, 0.25) is 0 Å². The van der Waals surface area contributed by atoms with E-state index in [0.717, 1.165) is 5.56 Å². The van der Waals surface area contributed by atoms with Gasteiger partial charge in [0.2, 0.25) is 0 Å². The lowest BCUT2D eigenvalue weighted by atomic mass is 9.97. The second kappa shape index (κ2) is 3.53. The first kappa shape index (κ1) is 9.22. The summed E-state index contributed by atoms with van der Waals surface area (Å²) in [5, 5.41) is 9.58. The van der Waals surface area contributed by atoms with Gasteiger partial charge in [0.1, 0.15) is 0 Å². The van der Waals surface area contributed by atoms with Crippen LogP contribution in [0, 0.1) is 0 Å². The lowest BCUT2D eigenvalue weighted by Gasteiger charge is -2.06. The van der Waals surface area contributed by atoms with Gasteiger partial charge in [0.05, 0.1) is 5.76 Å². The Balaban J connectivity index is 2.20. The maximum absolute atomic E-state index is 9.58. The molecule has 0 heterocycles. The molecule has 78 valence electrons. The minimum atomic E-state index is 0.457. The van der Waals surface area contributed by atoms with E-state index >= 15 is 0 Å². The van der Waals surface area contributed by atoms with Crippen molar-refractivity contribution in [2.24, 2.45) is 0 Å². The second-order valence-corrected chi connectivity index (χ2v) is 4.06. The molecule has 2 aromatic rings. The Kier molecular flexibility index (Phi) is 2.03. The van der Waals surface area contributed by atoms with E-state index in [1.165, 1.54) is 16.7 Å². The Morgan fingerprint density at radius 3 is 2.50 bits per heavy atom. The van der Waals surface area contributed by atoms with Crippen molar-refractivity contribution in [3.8, 4) is 11.1 Å². The van der Waals surface area contributed by atoms with Crippen LogP contribution in [0.15, 0.2) is 54.3 Å². The molecule has 1 N–H and O–H groups in total. The van der Waals surface area contributed by atoms with Crippen LogP contribution in [0.4, 0.5) is 0 Å². The summed E-state index contributed by atoms with van der Waals surface area (Å²) in [5.41, 5.74) is 4.76. The summed E-state index contributed by atoms with van der Waals surface area (Å²) in [6.07, 6.45) is 2.54. The molecule has 1 heteroatoms. The zero-order chi connectivity index (χ0) is 11.0. The van der Waals surface area contributed by atoms with Gasteiger partial charge in [0.25, 0.3) is 0 Å². The van der Waals surface area contributed by atoms with Crippen molar-refractivity contribution in [1.82, 2.24) is 0 Å². The average molecular weight is 208 g/mol. The Bertz CT molecular complexity index is 553. The van der Waals surface area contributed by atoms with E-state index in [9.17, 15) is 5.11 Å². The number of benzene rings is 2. The van der Waals surface area contributed by atoms with E-state index in [0.29, 0.717) is 12.2 Å². The summed E-state index contributed by atoms with van der Waals surface area (Å²) in [7, 11) is 0. The van der Waals surface area contributed by atoms with Gasteiger partial charge >= 0.3 is 0 Å². The van der Waals surface area contributed by atoms with Crippen molar-refractivity contribution in [2.75, 3.05) is 0 Å². The molecule has 0 amide bonds. The minimum absolute atomic E-state index is 0.457. The van der Waals surface area contributed by atoms with E-state index in [-0.39, 0.29) is 0 Å². The van der Waals surface area contributed by atoms with Gasteiger partial charge in [-0.15, -0.1) is 0 Å². The lowest BCUT2D eigenvalue weighted by molar-refractivity contribution is 0.408. The average Bonchev–Trinajstić information content (AvgIpc) is 2.70. The van der Waals surface area contributed by atoms with Crippen molar-refractivity contribution in [1.29, 1.82) is 0 Å². The van der Waals surface area contributed by atoms with E-state index in [1.807, 2.05) is 30.3 Å². The third kappa shape index (κ3) is 1.41. The molecule has 16 heavy (non-hydrogen) atoms. The molecule has 0 fully saturated rings. The third-order valence-corrected chi connectivity index (χ3v) is 2.96. The molecular weight excluding hydrogens is 196 g/mol. The van der Waals surface area contributed by atoms with Gasteiger partial charge < -0.3 is 5.11 Å². The highest BCUT2D eigenvalue weighted by molar-refractivity contribution is 5.80. The summed E-state index contributed by atoms with van der Waals surface area (Å²) >= 11 is 0. The Labute approximate surface area is 94.7 Å². The fourth-order valence-corrected chi connectivity index (χ4v) is 2.22. The molecule has 0 spiro atoms. The molecular formula is C15H12O. The quantitative estimate of drug-likeness (QED) is 0.755. The van der Waals surface area contributed by atoms with E-state index in [1.54, 1.807) is 0 Å². The molecule has 0 saturated heterocycles. The molecule has 3 rings (SSSR count). The van der Waals surface area contributed by atoms with Crippen molar-refractivity contribution >= 4 is 6.08 Å². The molecule has 0 aromatic heterocycles. The van der Waals surface area contributed by atoms with Crippen LogP contribution in [-0.4, -0.2) is 5.11 Å². The lowest BCUT2D eigenvalue weighted by Crippen LogP contribution is -1.86. The number of allylic oxidation sites excluding steroid dienone is 1. The molecule has 0 saturated carbocycles.